The van der Waals surface area contributed by atoms with Crippen molar-refractivity contribution >= 4 is 0 Å². The molecule has 0 aromatic rings. The molecule has 0 bridgehead atoms. The summed E-state index contributed by atoms with van der Waals surface area (Å²) in [7, 11) is 0. The summed E-state index contributed by atoms with van der Waals surface area (Å²) in [5.41, 5.74) is 0. The normalized spacial score (nSPS) is 51.7. The first kappa shape index (κ1) is 18.9. The van der Waals surface area contributed by atoms with E-state index >= 15 is 0 Å². The van der Waals surface area contributed by atoms with Crippen molar-refractivity contribution in [1.82, 2.24) is 0 Å². The van der Waals surface area contributed by atoms with Crippen molar-refractivity contribution in [2.75, 3.05) is 13.2 Å². The number of aliphatic hydroxyl groups is 8. The highest BCUT2D eigenvalue weighted by atomic mass is 16.8. The van der Waals surface area contributed by atoms with Gasteiger partial charge in [0.2, 0.25) is 0 Å². The molecule has 2 rings (SSSR count). The van der Waals surface area contributed by atoms with Gasteiger partial charge in [0.05, 0.1) is 13.2 Å². The SMILES string of the molecule is OC[C@H]1O[C@H](O[C@H]2[C@H](O)[C@@H](O)[13C@@H](O)O[C@@H]2CO)[C@H](O)[C@@H](O)[C@@H]1O. The van der Waals surface area contributed by atoms with Crippen LogP contribution in [-0.2, 0) is 14.2 Å². The van der Waals surface area contributed by atoms with Crippen LogP contribution in [0.2, 0.25) is 0 Å². The lowest BCUT2D eigenvalue weighted by Gasteiger charge is -2.45. The van der Waals surface area contributed by atoms with Crippen LogP contribution in [0.4, 0.5) is 0 Å². The van der Waals surface area contributed by atoms with Gasteiger partial charge in [-0.1, -0.05) is 0 Å². The van der Waals surface area contributed by atoms with Gasteiger partial charge >= 0.3 is 0 Å². The second kappa shape index (κ2) is 7.63. The van der Waals surface area contributed by atoms with Crippen LogP contribution in [0.3, 0.4) is 0 Å². The van der Waals surface area contributed by atoms with E-state index < -0.39 is 74.6 Å². The van der Waals surface area contributed by atoms with E-state index in [1.807, 2.05) is 0 Å². The standard InChI is InChI=1S/C12H22O11/c13-1-3-5(15)6(16)9(19)12(22-3)23-10-4(2-14)21-11(20)8(18)7(10)17/h3-20H,1-2H2/t3-,4-,5-,6+,7-,8-,9-,10-,11+,12-/m1/s1/i11+1. The van der Waals surface area contributed by atoms with Crippen molar-refractivity contribution in [3.63, 3.8) is 0 Å². The van der Waals surface area contributed by atoms with Gasteiger partial charge in [-0.05, 0) is 0 Å². The zero-order chi connectivity index (χ0) is 17.3. The second-order valence-electron chi connectivity index (χ2n) is 5.53. The minimum absolute atomic E-state index is 0.667. The summed E-state index contributed by atoms with van der Waals surface area (Å²) < 4.78 is 15.3. The first-order valence-corrected chi connectivity index (χ1v) is 7.08. The average Bonchev–Trinajstić information content (AvgIpc) is 2.55. The average molecular weight is 343 g/mol. The molecule has 0 aliphatic carbocycles. The molecular weight excluding hydrogens is 321 g/mol. The van der Waals surface area contributed by atoms with E-state index in [2.05, 4.69) is 0 Å². The van der Waals surface area contributed by atoms with Crippen molar-refractivity contribution in [2.24, 2.45) is 0 Å². The number of hydrogen-bond donors (Lipinski definition) is 8. The fourth-order valence-corrected chi connectivity index (χ4v) is 2.57. The summed E-state index contributed by atoms with van der Waals surface area (Å²) >= 11 is 0. The summed E-state index contributed by atoms with van der Waals surface area (Å²) in [6.07, 6.45) is -15.6. The summed E-state index contributed by atoms with van der Waals surface area (Å²) in [6.45, 7) is -1.35. The minimum atomic E-state index is -1.74. The molecule has 0 spiro atoms. The van der Waals surface area contributed by atoms with Gasteiger partial charge in [0.1, 0.15) is 48.8 Å². The third-order valence-corrected chi connectivity index (χ3v) is 3.98. The monoisotopic (exact) mass is 343 g/mol. The highest BCUT2D eigenvalue weighted by molar-refractivity contribution is 4.93. The largest absolute Gasteiger partial charge is 0.394 e. The summed E-state index contributed by atoms with van der Waals surface area (Å²) in [5.74, 6) is 0. The Morgan fingerprint density at radius 3 is 1.83 bits per heavy atom. The van der Waals surface area contributed by atoms with Gasteiger partial charge in [0, 0.05) is 0 Å². The van der Waals surface area contributed by atoms with Crippen molar-refractivity contribution in [1.29, 1.82) is 0 Å². The Hall–Kier alpha value is -0.440. The molecule has 10 atom stereocenters. The molecule has 2 aliphatic heterocycles. The third-order valence-electron chi connectivity index (χ3n) is 3.98. The van der Waals surface area contributed by atoms with E-state index in [0.29, 0.717) is 0 Å². The molecule has 0 saturated carbocycles. The highest BCUT2D eigenvalue weighted by Gasteiger charge is 2.50. The Morgan fingerprint density at radius 1 is 0.652 bits per heavy atom. The predicted octanol–water partition coefficient (Wildman–Crippen LogP) is -5.40. The molecule has 2 fully saturated rings. The number of aliphatic hydroxyl groups excluding tert-OH is 8. The molecule has 8 N–H and O–H groups in total. The van der Waals surface area contributed by atoms with Gasteiger partial charge in [0.15, 0.2) is 12.6 Å². The van der Waals surface area contributed by atoms with Crippen LogP contribution in [0.1, 0.15) is 0 Å². The van der Waals surface area contributed by atoms with Gasteiger partial charge in [-0.2, -0.15) is 0 Å². The lowest BCUT2D eigenvalue weighted by molar-refractivity contribution is -0.355. The summed E-state index contributed by atoms with van der Waals surface area (Å²) in [5, 5.41) is 76.5. The van der Waals surface area contributed by atoms with Crippen LogP contribution in [0.25, 0.3) is 0 Å². The van der Waals surface area contributed by atoms with Gasteiger partial charge in [-0.3, -0.25) is 0 Å². The smallest absolute Gasteiger partial charge is 0.187 e. The maximum Gasteiger partial charge on any atom is 0.187 e. The fraction of sp³-hybridized carbons (Fsp3) is 1.00. The van der Waals surface area contributed by atoms with E-state index in [1.165, 1.54) is 0 Å². The number of hydrogen-bond acceptors (Lipinski definition) is 11. The topological polar surface area (TPSA) is 190 Å². The molecule has 136 valence electrons. The van der Waals surface area contributed by atoms with Crippen LogP contribution in [0.5, 0.6) is 0 Å². The Morgan fingerprint density at radius 2 is 1.26 bits per heavy atom. The maximum atomic E-state index is 9.94. The first-order chi connectivity index (χ1) is 10.8. The molecule has 11 heteroatoms. The Balaban J connectivity index is 2.11. The van der Waals surface area contributed by atoms with Gasteiger partial charge in [-0.25, -0.2) is 0 Å². The second-order valence-corrected chi connectivity index (χ2v) is 5.53. The molecular formula is C12H22O11. The maximum absolute atomic E-state index is 9.94. The van der Waals surface area contributed by atoms with Gasteiger partial charge < -0.3 is 55.1 Å². The lowest BCUT2D eigenvalue weighted by atomic mass is 9.98. The molecule has 0 aromatic heterocycles. The van der Waals surface area contributed by atoms with E-state index in [9.17, 15) is 35.7 Å². The van der Waals surface area contributed by atoms with E-state index in [4.69, 9.17) is 19.3 Å². The molecule has 2 aliphatic rings. The van der Waals surface area contributed by atoms with E-state index in [0.717, 1.165) is 0 Å². The molecule has 2 heterocycles. The predicted molar refractivity (Wildman–Crippen MR) is 68.6 cm³/mol. The minimum Gasteiger partial charge on any atom is -0.394 e. The van der Waals surface area contributed by atoms with Gasteiger partial charge in [-0.15, -0.1) is 0 Å². The molecule has 11 nitrogen and oxygen atoms in total. The molecule has 0 unspecified atom stereocenters. The molecule has 0 aromatic carbocycles. The van der Waals surface area contributed by atoms with Crippen molar-refractivity contribution < 1.29 is 55.1 Å². The van der Waals surface area contributed by atoms with Crippen molar-refractivity contribution in [3.05, 3.63) is 0 Å². The first-order valence-electron chi connectivity index (χ1n) is 7.08. The lowest BCUT2D eigenvalue weighted by Crippen LogP contribution is -2.64. The summed E-state index contributed by atoms with van der Waals surface area (Å²) in [6, 6.07) is 0. The van der Waals surface area contributed by atoms with E-state index in [-0.39, 0.29) is 0 Å². The number of rotatable bonds is 4. The van der Waals surface area contributed by atoms with Crippen LogP contribution in [-0.4, -0.2) is 115 Å². The Bertz CT molecular complexity index is 378. The van der Waals surface area contributed by atoms with Crippen LogP contribution in [0, 0.1) is 0 Å². The van der Waals surface area contributed by atoms with Crippen molar-refractivity contribution in [2.45, 2.75) is 61.4 Å². The Kier molecular flexibility index (Phi) is 6.27. The quantitative estimate of drug-likeness (QED) is 0.227. The molecule has 2 saturated heterocycles. The van der Waals surface area contributed by atoms with Gasteiger partial charge in [0.25, 0.3) is 0 Å². The summed E-state index contributed by atoms with van der Waals surface area (Å²) in [4.78, 5) is 0. The molecule has 0 amide bonds. The Labute approximate surface area is 130 Å². The fourth-order valence-electron chi connectivity index (χ4n) is 2.57. The van der Waals surface area contributed by atoms with Crippen molar-refractivity contribution in [3.8, 4) is 0 Å². The zero-order valence-corrected chi connectivity index (χ0v) is 12.0. The van der Waals surface area contributed by atoms with Crippen LogP contribution in [0.15, 0.2) is 0 Å². The molecule has 0 radical (unpaired) electrons. The zero-order valence-electron chi connectivity index (χ0n) is 12.0. The van der Waals surface area contributed by atoms with E-state index in [1.54, 1.807) is 0 Å². The highest BCUT2D eigenvalue weighted by Crippen LogP contribution is 2.28. The third kappa shape index (κ3) is 3.65. The van der Waals surface area contributed by atoms with Crippen LogP contribution < -0.4 is 0 Å². The number of ether oxygens (including phenoxy) is 3. The van der Waals surface area contributed by atoms with Crippen LogP contribution >= 0.6 is 0 Å². The molecule has 23 heavy (non-hydrogen) atoms.